The molecular formula is C14H30N2O2S. The molecule has 0 aromatic carbocycles. The van der Waals surface area contributed by atoms with E-state index in [0.29, 0.717) is 23.3 Å². The van der Waals surface area contributed by atoms with Gasteiger partial charge in [-0.05, 0) is 57.7 Å². The topological polar surface area (TPSA) is 63.4 Å². The zero-order chi connectivity index (χ0) is 14.5. The number of hydrogen-bond acceptors (Lipinski definition) is 4. The van der Waals surface area contributed by atoms with Crippen molar-refractivity contribution in [1.82, 2.24) is 4.90 Å². The Labute approximate surface area is 118 Å². The number of sulfone groups is 1. The van der Waals surface area contributed by atoms with Gasteiger partial charge in [-0.1, -0.05) is 13.8 Å². The third-order valence-corrected chi connectivity index (χ3v) is 6.15. The Morgan fingerprint density at radius 3 is 2.47 bits per heavy atom. The van der Waals surface area contributed by atoms with Crippen molar-refractivity contribution < 1.29 is 8.42 Å². The molecule has 19 heavy (non-hydrogen) atoms. The summed E-state index contributed by atoms with van der Waals surface area (Å²) < 4.78 is 22.9. The standard InChI is InChI=1S/C14H30N2O2S/c1-12(2)13(6-8-15)5-4-9-16(3)14-7-10-19(17,18)11-14/h12-14H,4-11,15H2,1-3H3. The van der Waals surface area contributed by atoms with Gasteiger partial charge in [0.1, 0.15) is 0 Å². The molecule has 0 saturated carbocycles. The molecule has 0 radical (unpaired) electrons. The Hall–Kier alpha value is -0.130. The molecule has 1 aliphatic heterocycles. The monoisotopic (exact) mass is 290 g/mol. The van der Waals surface area contributed by atoms with E-state index in [4.69, 9.17) is 5.73 Å². The smallest absolute Gasteiger partial charge is 0.151 e. The predicted molar refractivity (Wildman–Crippen MR) is 80.9 cm³/mol. The quantitative estimate of drug-likeness (QED) is 0.736. The van der Waals surface area contributed by atoms with Crippen LogP contribution in [0.15, 0.2) is 0 Å². The molecular weight excluding hydrogens is 260 g/mol. The Morgan fingerprint density at radius 2 is 2.00 bits per heavy atom. The van der Waals surface area contributed by atoms with Crippen LogP contribution in [0.1, 0.15) is 39.5 Å². The van der Waals surface area contributed by atoms with Crippen molar-refractivity contribution in [3.8, 4) is 0 Å². The molecule has 5 heteroatoms. The van der Waals surface area contributed by atoms with Gasteiger partial charge >= 0.3 is 0 Å². The fourth-order valence-electron chi connectivity index (χ4n) is 2.93. The van der Waals surface area contributed by atoms with E-state index >= 15 is 0 Å². The SMILES string of the molecule is CC(C)C(CCN)CCCN(C)C1CCS(=O)(=O)C1. The van der Waals surface area contributed by atoms with Crippen LogP contribution < -0.4 is 5.73 Å². The van der Waals surface area contributed by atoms with Crippen molar-refractivity contribution >= 4 is 9.84 Å². The molecule has 1 saturated heterocycles. The highest BCUT2D eigenvalue weighted by Crippen LogP contribution is 2.22. The van der Waals surface area contributed by atoms with Gasteiger partial charge in [-0.3, -0.25) is 0 Å². The molecule has 2 atom stereocenters. The Balaban J connectivity index is 2.28. The molecule has 0 bridgehead atoms. The van der Waals surface area contributed by atoms with E-state index < -0.39 is 9.84 Å². The van der Waals surface area contributed by atoms with Crippen LogP contribution in [-0.2, 0) is 9.84 Å². The number of rotatable bonds is 8. The zero-order valence-electron chi connectivity index (χ0n) is 12.6. The Bertz CT molecular complexity index is 354. The molecule has 0 spiro atoms. The molecule has 0 aliphatic carbocycles. The van der Waals surface area contributed by atoms with Gasteiger partial charge in [-0.25, -0.2) is 8.42 Å². The van der Waals surface area contributed by atoms with Crippen LogP contribution in [0.3, 0.4) is 0 Å². The van der Waals surface area contributed by atoms with Gasteiger partial charge in [0.05, 0.1) is 11.5 Å². The third kappa shape index (κ3) is 5.79. The maximum absolute atomic E-state index is 11.5. The van der Waals surface area contributed by atoms with Crippen molar-refractivity contribution in [2.24, 2.45) is 17.6 Å². The second-order valence-corrected chi connectivity index (χ2v) is 8.49. The minimum Gasteiger partial charge on any atom is -0.330 e. The lowest BCUT2D eigenvalue weighted by Crippen LogP contribution is -2.33. The predicted octanol–water partition coefficient (Wildman–Crippen LogP) is 1.51. The molecule has 1 fully saturated rings. The summed E-state index contributed by atoms with van der Waals surface area (Å²) in [7, 11) is -0.708. The first kappa shape index (κ1) is 16.9. The lowest BCUT2D eigenvalue weighted by atomic mass is 9.88. The van der Waals surface area contributed by atoms with Crippen molar-refractivity contribution in [3.05, 3.63) is 0 Å². The normalized spacial score (nSPS) is 24.2. The van der Waals surface area contributed by atoms with Gasteiger partial charge in [0.2, 0.25) is 0 Å². The van der Waals surface area contributed by atoms with Crippen LogP contribution in [-0.4, -0.2) is 51.0 Å². The Morgan fingerprint density at radius 1 is 1.32 bits per heavy atom. The van der Waals surface area contributed by atoms with Crippen molar-refractivity contribution in [2.75, 3.05) is 31.6 Å². The third-order valence-electron chi connectivity index (χ3n) is 4.40. The van der Waals surface area contributed by atoms with E-state index in [1.54, 1.807) is 0 Å². The maximum Gasteiger partial charge on any atom is 0.151 e. The largest absolute Gasteiger partial charge is 0.330 e. The molecule has 0 aromatic heterocycles. The number of nitrogens with zero attached hydrogens (tertiary/aromatic N) is 1. The van der Waals surface area contributed by atoms with Gasteiger partial charge in [0, 0.05) is 6.04 Å². The molecule has 2 unspecified atom stereocenters. The molecule has 1 heterocycles. The first-order chi connectivity index (χ1) is 8.85. The van der Waals surface area contributed by atoms with E-state index in [1.807, 2.05) is 0 Å². The summed E-state index contributed by atoms with van der Waals surface area (Å²) in [5, 5.41) is 0. The maximum atomic E-state index is 11.5. The summed E-state index contributed by atoms with van der Waals surface area (Å²) in [6.07, 6.45) is 4.23. The molecule has 1 rings (SSSR count). The van der Waals surface area contributed by atoms with E-state index in [2.05, 4.69) is 25.8 Å². The van der Waals surface area contributed by atoms with Crippen molar-refractivity contribution in [2.45, 2.75) is 45.6 Å². The van der Waals surface area contributed by atoms with Gasteiger partial charge < -0.3 is 10.6 Å². The van der Waals surface area contributed by atoms with Crippen LogP contribution in [0.25, 0.3) is 0 Å². The zero-order valence-corrected chi connectivity index (χ0v) is 13.5. The summed E-state index contributed by atoms with van der Waals surface area (Å²) >= 11 is 0. The second-order valence-electron chi connectivity index (χ2n) is 6.26. The molecule has 0 aromatic rings. The van der Waals surface area contributed by atoms with Crippen LogP contribution >= 0.6 is 0 Å². The van der Waals surface area contributed by atoms with Gasteiger partial charge in [0.15, 0.2) is 9.84 Å². The lowest BCUT2D eigenvalue weighted by molar-refractivity contribution is 0.239. The van der Waals surface area contributed by atoms with Gasteiger partial charge in [0.25, 0.3) is 0 Å². The summed E-state index contributed by atoms with van der Waals surface area (Å²) in [6.45, 7) is 6.27. The summed E-state index contributed by atoms with van der Waals surface area (Å²) in [5.41, 5.74) is 5.65. The fraction of sp³-hybridized carbons (Fsp3) is 1.00. The number of hydrogen-bond donors (Lipinski definition) is 1. The summed E-state index contributed by atoms with van der Waals surface area (Å²) in [5.74, 6) is 2.09. The second kappa shape index (κ2) is 7.60. The fourth-order valence-corrected chi connectivity index (χ4v) is 4.74. The van der Waals surface area contributed by atoms with Gasteiger partial charge in [-0.2, -0.15) is 0 Å². The minimum absolute atomic E-state index is 0.233. The molecule has 1 aliphatic rings. The highest BCUT2D eigenvalue weighted by molar-refractivity contribution is 7.91. The average Bonchev–Trinajstić information content (AvgIpc) is 2.68. The molecule has 114 valence electrons. The van der Waals surface area contributed by atoms with Gasteiger partial charge in [-0.15, -0.1) is 0 Å². The Kier molecular flexibility index (Phi) is 6.77. The molecule has 0 amide bonds. The van der Waals surface area contributed by atoms with Crippen molar-refractivity contribution in [1.29, 1.82) is 0 Å². The van der Waals surface area contributed by atoms with E-state index in [9.17, 15) is 8.42 Å². The minimum atomic E-state index is -2.76. The molecule has 4 nitrogen and oxygen atoms in total. The van der Waals surface area contributed by atoms with E-state index in [-0.39, 0.29) is 6.04 Å². The average molecular weight is 290 g/mol. The van der Waals surface area contributed by atoms with E-state index in [0.717, 1.165) is 32.4 Å². The summed E-state index contributed by atoms with van der Waals surface area (Å²) in [6, 6.07) is 0.233. The van der Waals surface area contributed by atoms with E-state index in [1.165, 1.54) is 6.42 Å². The highest BCUT2D eigenvalue weighted by atomic mass is 32.2. The lowest BCUT2D eigenvalue weighted by Gasteiger charge is -2.25. The molecule has 2 N–H and O–H groups in total. The van der Waals surface area contributed by atoms with Crippen molar-refractivity contribution in [3.63, 3.8) is 0 Å². The van der Waals surface area contributed by atoms with Crippen LogP contribution in [0, 0.1) is 11.8 Å². The van der Waals surface area contributed by atoms with Crippen LogP contribution in [0.5, 0.6) is 0 Å². The first-order valence-corrected chi connectivity index (χ1v) is 9.28. The van der Waals surface area contributed by atoms with Crippen LogP contribution in [0.2, 0.25) is 0 Å². The first-order valence-electron chi connectivity index (χ1n) is 7.46. The van der Waals surface area contributed by atoms with Crippen LogP contribution in [0.4, 0.5) is 0 Å². The highest BCUT2D eigenvalue weighted by Gasteiger charge is 2.30. The number of nitrogens with two attached hydrogens (primary N) is 1. The summed E-state index contributed by atoms with van der Waals surface area (Å²) in [4.78, 5) is 2.23.